The molecule has 2 aromatic carbocycles. The fourth-order valence-corrected chi connectivity index (χ4v) is 3.03. The van der Waals surface area contributed by atoms with Gasteiger partial charge >= 0.3 is 0 Å². The van der Waals surface area contributed by atoms with E-state index in [-0.39, 0.29) is 23.7 Å². The molecule has 0 radical (unpaired) electrons. The maximum Gasteiger partial charge on any atom is 0.250 e. The van der Waals surface area contributed by atoms with Crippen LogP contribution in [-0.2, 0) is 4.79 Å². The van der Waals surface area contributed by atoms with Crippen molar-refractivity contribution in [3.05, 3.63) is 64.7 Å². The van der Waals surface area contributed by atoms with Gasteiger partial charge in [-0.3, -0.25) is 14.4 Å². The first-order valence-corrected chi connectivity index (χ1v) is 7.31. The van der Waals surface area contributed by atoms with E-state index in [0.717, 1.165) is 11.1 Å². The Balaban J connectivity index is 1.93. The summed E-state index contributed by atoms with van der Waals surface area (Å²) in [5.41, 5.74) is 8.22. The molecule has 5 nitrogen and oxygen atoms in total. The van der Waals surface area contributed by atoms with E-state index < -0.39 is 11.8 Å². The highest BCUT2D eigenvalue weighted by Gasteiger charge is 2.35. The number of aryl methyl sites for hydroxylation is 1. The number of nitrogens with one attached hydrogen (secondary N) is 1. The standard InChI is InChI=1S/C18H16N2O3/c1-10-5-4-7-12-15(21)9-13(16(10)12)18(23)20-14-8-3-2-6-11(14)17(19)22/h2-8,13H,9H2,1H3,(H2,19,22)(H,20,23). The minimum atomic E-state index is -0.611. The number of ketones is 1. The van der Waals surface area contributed by atoms with Crippen LogP contribution >= 0.6 is 0 Å². The number of para-hydroxylation sites is 1. The number of Topliss-reactive ketones (excluding diaryl/α,β-unsaturated/α-hetero) is 1. The summed E-state index contributed by atoms with van der Waals surface area (Å²) in [5.74, 6) is -1.49. The fourth-order valence-electron chi connectivity index (χ4n) is 3.03. The summed E-state index contributed by atoms with van der Waals surface area (Å²) in [6.07, 6.45) is 0.144. The second-order valence-electron chi connectivity index (χ2n) is 5.62. The Hall–Kier alpha value is -2.95. The Morgan fingerprint density at radius 2 is 1.87 bits per heavy atom. The Labute approximate surface area is 133 Å². The van der Waals surface area contributed by atoms with Gasteiger partial charge in [-0.25, -0.2) is 0 Å². The molecule has 0 spiro atoms. The van der Waals surface area contributed by atoms with Gasteiger partial charge in [0.05, 0.1) is 17.2 Å². The smallest absolute Gasteiger partial charge is 0.250 e. The minimum absolute atomic E-state index is 0.0352. The van der Waals surface area contributed by atoms with Crippen LogP contribution < -0.4 is 11.1 Å². The average molecular weight is 308 g/mol. The van der Waals surface area contributed by atoms with Crippen LogP contribution in [0.4, 0.5) is 5.69 Å². The van der Waals surface area contributed by atoms with Gasteiger partial charge in [0.25, 0.3) is 5.91 Å². The van der Waals surface area contributed by atoms with Crippen LogP contribution in [0.3, 0.4) is 0 Å². The van der Waals surface area contributed by atoms with Crippen molar-refractivity contribution < 1.29 is 14.4 Å². The Bertz CT molecular complexity index is 827. The van der Waals surface area contributed by atoms with Gasteiger partial charge in [0.2, 0.25) is 5.91 Å². The number of fused-ring (bicyclic) bond motifs is 1. The Kier molecular flexibility index (Phi) is 3.70. The highest BCUT2D eigenvalue weighted by molar-refractivity contribution is 6.11. The number of rotatable bonds is 3. The summed E-state index contributed by atoms with van der Waals surface area (Å²) in [5, 5.41) is 2.73. The number of nitrogens with two attached hydrogens (primary N) is 1. The van der Waals surface area contributed by atoms with E-state index in [0.29, 0.717) is 11.3 Å². The predicted octanol–water partition coefficient (Wildman–Crippen LogP) is 2.40. The molecule has 0 bridgehead atoms. The van der Waals surface area contributed by atoms with Gasteiger partial charge in [-0.2, -0.15) is 0 Å². The van der Waals surface area contributed by atoms with Gasteiger partial charge in [-0.15, -0.1) is 0 Å². The van der Waals surface area contributed by atoms with E-state index in [4.69, 9.17) is 5.73 Å². The molecule has 1 aliphatic rings. The first-order valence-electron chi connectivity index (χ1n) is 7.31. The molecule has 0 aromatic heterocycles. The van der Waals surface area contributed by atoms with Gasteiger partial charge in [0.15, 0.2) is 5.78 Å². The third kappa shape index (κ3) is 2.61. The normalized spacial score (nSPS) is 16.0. The van der Waals surface area contributed by atoms with Gasteiger partial charge in [0.1, 0.15) is 0 Å². The monoisotopic (exact) mass is 308 g/mol. The summed E-state index contributed by atoms with van der Waals surface area (Å²) in [6.45, 7) is 1.88. The van der Waals surface area contributed by atoms with Crippen molar-refractivity contribution in [1.29, 1.82) is 0 Å². The zero-order valence-electron chi connectivity index (χ0n) is 12.6. The summed E-state index contributed by atoms with van der Waals surface area (Å²) >= 11 is 0. The SMILES string of the molecule is Cc1cccc2c1C(C(=O)Nc1ccccc1C(N)=O)CC2=O. The van der Waals surface area contributed by atoms with E-state index in [1.807, 2.05) is 19.1 Å². The van der Waals surface area contributed by atoms with Crippen LogP contribution in [0, 0.1) is 6.92 Å². The first kappa shape index (κ1) is 15.0. The molecule has 1 atom stereocenters. The molecule has 23 heavy (non-hydrogen) atoms. The van der Waals surface area contributed by atoms with Crippen molar-refractivity contribution >= 4 is 23.3 Å². The lowest BCUT2D eigenvalue weighted by Crippen LogP contribution is -2.23. The maximum absolute atomic E-state index is 12.6. The lowest BCUT2D eigenvalue weighted by Gasteiger charge is -2.15. The number of carbonyl (C=O) groups is 3. The second kappa shape index (κ2) is 5.68. The molecule has 0 aliphatic heterocycles. The lowest BCUT2D eigenvalue weighted by molar-refractivity contribution is -0.117. The summed E-state index contributed by atoms with van der Waals surface area (Å²) in [7, 11) is 0. The maximum atomic E-state index is 12.6. The van der Waals surface area contributed by atoms with Crippen molar-refractivity contribution in [3.8, 4) is 0 Å². The van der Waals surface area contributed by atoms with Crippen molar-refractivity contribution in [2.75, 3.05) is 5.32 Å². The Morgan fingerprint density at radius 1 is 1.13 bits per heavy atom. The molecule has 0 saturated carbocycles. The lowest BCUT2D eigenvalue weighted by atomic mass is 9.95. The summed E-state index contributed by atoms with van der Waals surface area (Å²) in [6, 6.07) is 12.0. The number of primary amides is 1. The molecule has 3 N–H and O–H groups in total. The molecule has 0 saturated heterocycles. The molecular formula is C18H16N2O3. The number of amides is 2. The fraction of sp³-hybridized carbons (Fsp3) is 0.167. The zero-order chi connectivity index (χ0) is 16.6. The number of hydrogen-bond donors (Lipinski definition) is 2. The van der Waals surface area contributed by atoms with Crippen LogP contribution in [0.15, 0.2) is 42.5 Å². The van der Waals surface area contributed by atoms with Gasteiger partial charge in [-0.05, 0) is 30.2 Å². The average Bonchev–Trinajstić information content (AvgIpc) is 2.86. The van der Waals surface area contributed by atoms with Gasteiger partial charge in [0, 0.05) is 12.0 Å². The summed E-state index contributed by atoms with van der Waals surface area (Å²) < 4.78 is 0. The summed E-state index contributed by atoms with van der Waals surface area (Å²) in [4.78, 5) is 36.2. The highest BCUT2D eigenvalue weighted by atomic mass is 16.2. The largest absolute Gasteiger partial charge is 0.366 e. The number of anilines is 1. The highest BCUT2D eigenvalue weighted by Crippen LogP contribution is 2.36. The molecule has 0 heterocycles. The first-order chi connectivity index (χ1) is 11.0. The predicted molar refractivity (Wildman–Crippen MR) is 86.5 cm³/mol. The molecule has 5 heteroatoms. The van der Waals surface area contributed by atoms with Gasteiger partial charge < -0.3 is 11.1 Å². The minimum Gasteiger partial charge on any atom is -0.366 e. The van der Waals surface area contributed by atoms with E-state index in [1.54, 1.807) is 30.3 Å². The van der Waals surface area contributed by atoms with Crippen molar-refractivity contribution in [1.82, 2.24) is 0 Å². The van der Waals surface area contributed by atoms with E-state index in [2.05, 4.69) is 5.32 Å². The van der Waals surface area contributed by atoms with E-state index in [9.17, 15) is 14.4 Å². The molecule has 2 amide bonds. The molecule has 3 rings (SSSR count). The molecule has 2 aromatic rings. The topological polar surface area (TPSA) is 89.3 Å². The van der Waals surface area contributed by atoms with Crippen LogP contribution in [0.1, 0.15) is 44.2 Å². The number of hydrogen-bond acceptors (Lipinski definition) is 3. The quantitative estimate of drug-likeness (QED) is 0.912. The molecule has 116 valence electrons. The molecule has 1 unspecified atom stereocenters. The van der Waals surface area contributed by atoms with Crippen molar-refractivity contribution in [3.63, 3.8) is 0 Å². The van der Waals surface area contributed by atoms with Crippen LogP contribution in [0.2, 0.25) is 0 Å². The van der Waals surface area contributed by atoms with E-state index in [1.165, 1.54) is 0 Å². The van der Waals surface area contributed by atoms with E-state index >= 15 is 0 Å². The number of benzene rings is 2. The van der Waals surface area contributed by atoms with Crippen LogP contribution in [0.25, 0.3) is 0 Å². The molecular weight excluding hydrogens is 292 g/mol. The zero-order valence-corrected chi connectivity index (χ0v) is 12.6. The third-order valence-corrected chi connectivity index (χ3v) is 4.13. The van der Waals surface area contributed by atoms with Crippen LogP contribution in [-0.4, -0.2) is 17.6 Å². The third-order valence-electron chi connectivity index (χ3n) is 4.13. The second-order valence-corrected chi connectivity index (χ2v) is 5.62. The van der Waals surface area contributed by atoms with Crippen LogP contribution in [0.5, 0.6) is 0 Å². The number of carbonyl (C=O) groups excluding carboxylic acids is 3. The van der Waals surface area contributed by atoms with Crippen molar-refractivity contribution in [2.24, 2.45) is 5.73 Å². The van der Waals surface area contributed by atoms with Gasteiger partial charge in [-0.1, -0.05) is 30.3 Å². The molecule has 1 aliphatic carbocycles. The Morgan fingerprint density at radius 3 is 2.61 bits per heavy atom. The van der Waals surface area contributed by atoms with Crippen molar-refractivity contribution in [2.45, 2.75) is 19.3 Å². The molecule has 0 fully saturated rings.